The van der Waals surface area contributed by atoms with Crippen LogP contribution in [0.2, 0.25) is 0 Å². The molecule has 0 unspecified atom stereocenters. The third-order valence-corrected chi connectivity index (χ3v) is 7.87. The normalized spacial score (nSPS) is 53.5. The molecule has 0 heterocycles. The molecule has 0 radical (unpaired) electrons. The molecule has 4 aliphatic rings. The molecule has 2 heteroatoms. The van der Waals surface area contributed by atoms with E-state index in [1.54, 1.807) is 0 Å². The van der Waals surface area contributed by atoms with Crippen LogP contribution in [0.25, 0.3) is 0 Å². The van der Waals surface area contributed by atoms with Crippen molar-refractivity contribution in [2.24, 2.45) is 35.0 Å². The van der Waals surface area contributed by atoms with Gasteiger partial charge in [0.15, 0.2) is 0 Å². The standard InChI is InChI=1S/C19H30O2/c1-19-10-9-15-14-8-6-13(20)11-12(14)5-7-16(15)17(19)3-2-4-18(19)21/h12-17,20H,2-11H2,1H3/t12-,13-,14+,15-,16-,17+,19+/m1/s1. The lowest BCUT2D eigenvalue weighted by Crippen LogP contribution is -2.53. The van der Waals surface area contributed by atoms with Crippen LogP contribution in [0.5, 0.6) is 0 Å². The summed E-state index contributed by atoms with van der Waals surface area (Å²) in [6.07, 6.45) is 11.6. The molecule has 0 bridgehead atoms. The summed E-state index contributed by atoms with van der Waals surface area (Å²) in [7, 11) is 0. The minimum absolute atomic E-state index is 0.0143. The maximum Gasteiger partial charge on any atom is 0.139 e. The number of ketones is 1. The number of aliphatic hydroxyl groups excluding tert-OH is 1. The van der Waals surface area contributed by atoms with E-state index in [1.807, 2.05) is 0 Å². The first-order valence-electron chi connectivity index (χ1n) is 9.31. The Morgan fingerprint density at radius 1 is 1.00 bits per heavy atom. The lowest BCUT2D eigenvalue weighted by molar-refractivity contribution is -0.147. The Hall–Kier alpha value is -0.370. The topological polar surface area (TPSA) is 37.3 Å². The zero-order valence-electron chi connectivity index (χ0n) is 13.4. The molecule has 4 saturated carbocycles. The van der Waals surface area contributed by atoms with Crippen LogP contribution in [0.3, 0.4) is 0 Å². The SMILES string of the molecule is C[C@]12CC[C@H]3[C@@H](CC[C@@H]4C[C@H](O)CC[C@@H]43)[C@@H]1CCCC2=O. The van der Waals surface area contributed by atoms with Gasteiger partial charge in [0.2, 0.25) is 0 Å². The molecular weight excluding hydrogens is 260 g/mol. The second-order valence-corrected chi connectivity index (χ2v) is 8.67. The van der Waals surface area contributed by atoms with Crippen LogP contribution in [0.15, 0.2) is 0 Å². The van der Waals surface area contributed by atoms with Crippen molar-refractivity contribution in [2.75, 3.05) is 0 Å². The number of hydrogen-bond acceptors (Lipinski definition) is 2. The minimum Gasteiger partial charge on any atom is -0.393 e. The molecule has 21 heavy (non-hydrogen) atoms. The smallest absolute Gasteiger partial charge is 0.139 e. The summed E-state index contributed by atoms with van der Waals surface area (Å²) in [5.41, 5.74) is 0.0143. The van der Waals surface area contributed by atoms with Gasteiger partial charge in [-0.25, -0.2) is 0 Å². The highest BCUT2D eigenvalue weighted by atomic mass is 16.3. The molecule has 1 N–H and O–H groups in total. The van der Waals surface area contributed by atoms with Crippen molar-refractivity contribution >= 4 is 5.78 Å². The third-order valence-electron chi connectivity index (χ3n) is 7.87. The van der Waals surface area contributed by atoms with Crippen LogP contribution < -0.4 is 0 Å². The lowest BCUT2D eigenvalue weighted by atomic mass is 9.47. The van der Waals surface area contributed by atoms with Crippen molar-refractivity contribution in [1.82, 2.24) is 0 Å². The number of hydrogen-bond donors (Lipinski definition) is 1. The summed E-state index contributed by atoms with van der Waals surface area (Å²) in [4.78, 5) is 12.5. The quantitative estimate of drug-likeness (QED) is 0.733. The zero-order chi connectivity index (χ0) is 14.6. The van der Waals surface area contributed by atoms with Crippen LogP contribution in [-0.4, -0.2) is 17.0 Å². The van der Waals surface area contributed by atoms with Crippen molar-refractivity contribution in [1.29, 1.82) is 0 Å². The summed E-state index contributed by atoms with van der Waals surface area (Å²) in [5.74, 6) is 4.54. The number of fused-ring (bicyclic) bond motifs is 5. The molecule has 0 amide bonds. The summed E-state index contributed by atoms with van der Waals surface area (Å²) in [5, 5.41) is 9.96. The molecule has 0 saturated heterocycles. The van der Waals surface area contributed by atoms with Crippen molar-refractivity contribution < 1.29 is 9.90 Å². The first-order chi connectivity index (χ1) is 10.1. The Kier molecular flexibility index (Phi) is 3.44. The van der Waals surface area contributed by atoms with Crippen molar-refractivity contribution in [3.05, 3.63) is 0 Å². The molecule has 118 valence electrons. The lowest BCUT2D eigenvalue weighted by Gasteiger charge is -2.57. The van der Waals surface area contributed by atoms with E-state index in [0.29, 0.717) is 11.7 Å². The number of Topliss-reactive ketones (excluding diaryl/α,β-unsaturated/α-hetero) is 1. The van der Waals surface area contributed by atoms with Crippen molar-refractivity contribution in [3.8, 4) is 0 Å². The Bertz CT molecular complexity index is 431. The summed E-state index contributed by atoms with van der Waals surface area (Å²) in [6.45, 7) is 2.28. The average molecular weight is 290 g/mol. The van der Waals surface area contributed by atoms with E-state index in [2.05, 4.69) is 6.92 Å². The van der Waals surface area contributed by atoms with E-state index in [9.17, 15) is 9.90 Å². The largest absolute Gasteiger partial charge is 0.393 e. The van der Waals surface area contributed by atoms with Crippen LogP contribution in [0.4, 0.5) is 0 Å². The maximum absolute atomic E-state index is 12.5. The van der Waals surface area contributed by atoms with Gasteiger partial charge >= 0.3 is 0 Å². The highest BCUT2D eigenvalue weighted by molar-refractivity contribution is 5.85. The van der Waals surface area contributed by atoms with Crippen LogP contribution in [0.1, 0.15) is 71.1 Å². The first kappa shape index (κ1) is 14.2. The van der Waals surface area contributed by atoms with Gasteiger partial charge in [-0.3, -0.25) is 4.79 Å². The molecule has 0 aromatic heterocycles. The van der Waals surface area contributed by atoms with Crippen LogP contribution >= 0.6 is 0 Å². The number of rotatable bonds is 0. The first-order valence-corrected chi connectivity index (χ1v) is 9.31. The molecular formula is C19H30O2. The van der Waals surface area contributed by atoms with Crippen LogP contribution in [0, 0.1) is 35.0 Å². The highest BCUT2D eigenvalue weighted by Crippen LogP contribution is 2.60. The zero-order valence-corrected chi connectivity index (χ0v) is 13.4. The van der Waals surface area contributed by atoms with E-state index in [-0.39, 0.29) is 11.5 Å². The van der Waals surface area contributed by atoms with Crippen molar-refractivity contribution in [2.45, 2.75) is 77.2 Å². The molecule has 4 fully saturated rings. The Balaban J connectivity index is 1.58. The number of carbonyl (C=O) groups is 1. The fourth-order valence-corrected chi connectivity index (χ4v) is 6.80. The Morgan fingerprint density at radius 3 is 2.67 bits per heavy atom. The fraction of sp³-hybridized carbons (Fsp3) is 0.947. The van der Waals surface area contributed by atoms with E-state index in [4.69, 9.17) is 0 Å². The molecule has 0 aliphatic heterocycles. The minimum atomic E-state index is -0.0343. The second-order valence-electron chi connectivity index (χ2n) is 8.67. The molecule has 4 rings (SSSR count). The van der Waals surface area contributed by atoms with E-state index < -0.39 is 0 Å². The molecule has 0 aromatic rings. The third kappa shape index (κ3) is 2.12. The van der Waals surface area contributed by atoms with Gasteiger partial charge in [0.05, 0.1) is 6.10 Å². The molecule has 4 aliphatic carbocycles. The summed E-state index contributed by atoms with van der Waals surface area (Å²) >= 11 is 0. The van der Waals surface area contributed by atoms with Gasteiger partial charge in [-0.15, -0.1) is 0 Å². The predicted octanol–water partition coefficient (Wildman–Crippen LogP) is 3.96. The van der Waals surface area contributed by atoms with Gasteiger partial charge in [0, 0.05) is 11.8 Å². The second kappa shape index (κ2) is 5.08. The molecule has 0 spiro atoms. The van der Waals surface area contributed by atoms with E-state index >= 15 is 0 Å². The fourth-order valence-electron chi connectivity index (χ4n) is 6.80. The van der Waals surface area contributed by atoms with Gasteiger partial charge in [0.1, 0.15) is 5.78 Å². The number of carbonyl (C=O) groups excluding carboxylic acids is 1. The average Bonchev–Trinajstić information content (AvgIpc) is 2.48. The Labute approximate surface area is 128 Å². The van der Waals surface area contributed by atoms with Gasteiger partial charge in [0.25, 0.3) is 0 Å². The number of aliphatic hydroxyl groups is 1. The highest BCUT2D eigenvalue weighted by Gasteiger charge is 2.55. The maximum atomic E-state index is 12.5. The molecule has 2 nitrogen and oxygen atoms in total. The van der Waals surface area contributed by atoms with Crippen LogP contribution in [-0.2, 0) is 4.79 Å². The monoisotopic (exact) mass is 290 g/mol. The summed E-state index contributed by atoms with van der Waals surface area (Å²) in [6, 6.07) is 0. The molecule has 7 atom stereocenters. The molecule has 0 aromatic carbocycles. The Morgan fingerprint density at radius 2 is 1.81 bits per heavy atom. The van der Waals surface area contributed by atoms with Gasteiger partial charge < -0.3 is 5.11 Å². The van der Waals surface area contributed by atoms with Gasteiger partial charge in [-0.1, -0.05) is 6.92 Å². The van der Waals surface area contributed by atoms with Gasteiger partial charge in [-0.2, -0.15) is 0 Å². The summed E-state index contributed by atoms with van der Waals surface area (Å²) < 4.78 is 0. The van der Waals surface area contributed by atoms with Crippen molar-refractivity contribution in [3.63, 3.8) is 0 Å². The van der Waals surface area contributed by atoms with E-state index in [1.165, 1.54) is 32.1 Å². The van der Waals surface area contributed by atoms with Gasteiger partial charge in [-0.05, 0) is 87.4 Å². The van der Waals surface area contributed by atoms with E-state index in [0.717, 1.165) is 55.8 Å². The predicted molar refractivity (Wildman–Crippen MR) is 82.7 cm³/mol.